The normalized spacial score (nSPS) is 17.9. The van der Waals surface area contributed by atoms with E-state index in [4.69, 9.17) is 0 Å². The molecular formula is C15H24N4O2S2. The Kier molecular flexibility index (Phi) is 4.75. The summed E-state index contributed by atoms with van der Waals surface area (Å²) in [6.07, 6.45) is 4.65. The van der Waals surface area contributed by atoms with Crippen molar-refractivity contribution in [2.24, 2.45) is 0 Å². The van der Waals surface area contributed by atoms with E-state index >= 15 is 0 Å². The molecule has 1 aliphatic heterocycles. The van der Waals surface area contributed by atoms with Gasteiger partial charge in [-0.05, 0) is 19.3 Å². The van der Waals surface area contributed by atoms with Gasteiger partial charge in [0.1, 0.15) is 5.01 Å². The van der Waals surface area contributed by atoms with Gasteiger partial charge in [-0.1, -0.05) is 44.9 Å². The van der Waals surface area contributed by atoms with E-state index in [1.165, 1.54) is 11.3 Å². The number of imidazole rings is 1. The molecule has 0 saturated carbocycles. The van der Waals surface area contributed by atoms with Crippen LogP contribution in [0.1, 0.15) is 63.1 Å². The molecule has 0 radical (unpaired) electrons. The first-order valence-corrected chi connectivity index (χ1v) is 10.6. The zero-order valence-electron chi connectivity index (χ0n) is 13.9. The van der Waals surface area contributed by atoms with Crippen molar-refractivity contribution in [2.75, 3.05) is 13.1 Å². The van der Waals surface area contributed by atoms with Crippen LogP contribution in [0.4, 0.5) is 0 Å². The minimum Gasteiger partial charge on any atom is -0.221 e. The van der Waals surface area contributed by atoms with Gasteiger partial charge in [0.15, 0.2) is 5.03 Å². The zero-order chi connectivity index (χ0) is 16.6. The van der Waals surface area contributed by atoms with Crippen molar-refractivity contribution >= 4 is 26.3 Å². The highest BCUT2D eigenvalue weighted by Gasteiger charge is 2.32. The number of aromatic nitrogens is 3. The highest BCUT2D eigenvalue weighted by Crippen LogP contribution is 2.29. The third kappa shape index (κ3) is 3.04. The van der Waals surface area contributed by atoms with Gasteiger partial charge in [0.25, 0.3) is 10.0 Å². The maximum absolute atomic E-state index is 13.2. The monoisotopic (exact) mass is 356 g/mol. The molecule has 0 N–H and O–H groups in total. The van der Waals surface area contributed by atoms with Crippen molar-refractivity contribution in [3.8, 4) is 0 Å². The second kappa shape index (κ2) is 6.49. The molecule has 0 atom stereocenters. The summed E-state index contributed by atoms with van der Waals surface area (Å²) >= 11 is 1.48. The lowest BCUT2D eigenvalue weighted by Gasteiger charge is -2.19. The molecule has 2 aromatic heterocycles. The van der Waals surface area contributed by atoms with Crippen LogP contribution in [0, 0.1) is 0 Å². The first-order chi connectivity index (χ1) is 10.9. The van der Waals surface area contributed by atoms with Crippen LogP contribution in [0.15, 0.2) is 5.03 Å². The Hall–Kier alpha value is -0.990. The average molecular weight is 357 g/mol. The smallest absolute Gasteiger partial charge is 0.221 e. The first-order valence-electron chi connectivity index (χ1n) is 8.33. The molecule has 1 fully saturated rings. The molecule has 0 aliphatic carbocycles. The summed E-state index contributed by atoms with van der Waals surface area (Å²) in [5, 5.41) is 5.73. The summed E-state index contributed by atoms with van der Waals surface area (Å²) in [4.78, 5) is 5.21. The van der Waals surface area contributed by atoms with Gasteiger partial charge in [-0.3, -0.25) is 0 Å². The second-order valence-electron chi connectivity index (χ2n) is 6.32. The van der Waals surface area contributed by atoms with E-state index in [9.17, 15) is 8.42 Å². The summed E-state index contributed by atoms with van der Waals surface area (Å²) in [5.41, 5.74) is 0.628. The van der Waals surface area contributed by atoms with Crippen molar-refractivity contribution in [2.45, 2.75) is 63.8 Å². The Balaban J connectivity index is 2.12. The van der Waals surface area contributed by atoms with E-state index < -0.39 is 10.0 Å². The lowest BCUT2D eigenvalue weighted by molar-refractivity contribution is 0.419. The van der Waals surface area contributed by atoms with Crippen molar-refractivity contribution in [1.82, 2.24) is 18.9 Å². The topological polar surface area (TPSA) is 67.6 Å². The first kappa shape index (κ1) is 16.9. The van der Waals surface area contributed by atoms with Crippen LogP contribution in [0.5, 0.6) is 0 Å². The van der Waals surface area contributed by atoms with Crippen molar-refractivity contribution in [3.05, 3.63) is 10.7 Å². The number of nitrogens with zero attached hydrogens (tertiary/aromatic N) is 4. The molecule has 128 valence electrons. The summed E-state index contributed by atoms with van der Waals surface area (Å²) in [5.74, 6) is 0.264. The van der Waals surface area contributed by atoms with Crippen LogP contribution < -0.4 is 0 Å². The van der Waals surface area contributed by atoms with Crippen molar-refractivity contribution in [3.63, 3.8) is 0 Å². The quantitative estimate of drug-likeness (QED) is 0.844. The molecule has 0 amide bonds. The van der Waals surface area contributed by atoms with Gasteiger partial charge in [-0.2, -0.15) is 13.9 Å². The molecular weight excluding hydrogens is 332 g/mol. The van der Waals surface area contributed by atoms with Crippen LogP contribution >= 0.6 is 11.3 Å². The predicted octanol–water partition coefficient (Wildman–Crippen LogP) is 3.04. The molecule has 2 aromatic rings. The second-order valence-corrected chi connectivity index (χ2v) is 9.17. The van der Waals surface area contributed by atoms with Gasteiger partial charge in [0.2, 0.25) is 4.96 Å². The van der Waals surface area contributed by atoms with Gasteiger partial charge in [-0.15, -0.1) is 0 Å². The van der Waals surface area contributed by atoms with E-state index in [0.29, 0.717) is 30.2 Å². The Morgan fingerprint density at radius 1 is 1.17 bits per heavy atom. The number of aryl methyl sites for hydroxylation is 1. The van der Waals surface area contributed by atoms with Gasteiger partial charge in [0, 0.05) is 19.0 Å². The van der Waals surface area contributed by atoms with Gasteiger partial charge in [0.05, 0.1) is 5.69 Å². The third-order valence-electron chi connectivity index (χ3n) is 4.22. The van der Waals surface area contributed by atoms with Gasteiger partial charge < -0.3 is 0 Å². The molecule has 23 heavy (non-hydrogen) atoms. The minimum absolute atomic E-state index is 0.264. The number of hydrogen-bond donors (Lipinski definition) is 0. The van der Waals surface area contributed by atoms with E-state index in [1.54, 1.807) is 8.82 Å². The molecule has 1 aliphatic rings. The fourth-order valence-corrected chi connectivity index (χ4v) is 5.71. The minimum atomic E-state index is -3.55. The third-order valence-corrected chi connectivity index (χ3v) is 7.37. The van der Waals surface area contributed by atoms with Crippen LogP contribution in [-0.4, -0.2) is 40.4 Å². The van der Waals surface area contributed by atoms with Crippen molar-refractivity contribution in [1.29, 1.82) is 0 Å². The van der Waals surface area contributed by atoms with E-state index in [2.05, 4.69) is 23.9 Å². The number of hydrogen-bond acceptors (Lipinski definition) is 5. The van der Waals surface area contributed by atoms with E-state index in [1.807, 2.05) is 6.92 Å². The summed E-state index contributed by atoms with van der Waals surface area (Å²) < 4.78 is 29.6. The SMILES string of the molecule is CCc1nc2sc(C(C)C)nn2c1S(=O)(=O)N1CCCCCC1. The fraction of sp³-hybridized carbons (Fsp3) is 0.733. The Labute approximate surface area is 141 Å². The molecule has 6 nitrogen and oxygen atoms in total. The molecule has 0 unspecified atom stereocenters. The number of fused-ring (bicyclic) bond motifs is 1. The largest absolute Gasteiger partial charge is 0.262 e. The van der Waals surface area contributed by atoms with Crippen LogP contribution in [0.3, 0.4) is 0 Å². The molecule has 0 aromatic carbocycles. The summed E-state index contributed by atoms with van der Waals surface area (Å²) in [6, 6.07) is 0. The molecule has 3 heterocycles. The van der Waals surface area contributed by atoms with Crippen LogP contribution in [0.25, 0.3) is 4.96 Å². The summed E-state index contributed by atoms with van der Waals surface area (Å²) in [6.45, 7) is 7.25. The maximum atomic E-state index is 13.2. The Morgan fingerprint density at radius 3 is 2.39 bits per heavy atom. The Morgan fingerprint density at radius 2 is 1.83 bits per heavy atom. The van der Waals surface area contributed by atoms with Gasteiger partial charge >= 0.3 is 0 Å². The maximum Gasteiger partial charge on any atom is 0.262 e. The number of sulfonamides is 1. The standard InChI is InChI=1S/C15H24N4O2S2/c1-4-12-14(19-15(16-12)22-13(17-19)11(2)3)23(20,21)18-9-7-5-6-8-10-18/h11H,4-10H2,1-3H3. The van der Waals surface area contributed by atoms with E-state index in [-0.39, 0.29) is 10.9 Å². The fourth-order valence-electron chi connectivity index (χ4n) is 2.91. The lowest BCUT2D eigenvalue weighted by Crippen LogP contribution is -2.33. The van der Waals surface area contributed by atoms with Crippen molar-refractivity contribution < 1.29 is 8.42 Å². The molecule has 8 heteroatoms. The number of rotatable bonds is 4. The molecule has 3 rings (SSSR count). The molecule has 0 spiro atoms. The van der Waals surface area contributed by atoms with Gasteiger partial charge in [-0.25, -0.2) is 13.4 Å². The van der Waals surface area contributed by atoms with E-state index in [0.717, 1.165) is 30.7 Å². The Bertz CT molecular complexity index is 784. The highest BCUT2D eigenvalue weighted by molar-refractivity contribution is 7.89. The zero-order valence-corrected chi connectivity index (χ0v) is 15.6. The van der Waals surface area contributed by atoms with Crippen LogP contribution in [-0.2, 0) is 16.4 Å². The predicted molar refractivity (Wildman–Crippen MR) is 91.6 cm³/mol. The lowest BCUT2D eigenvalue weighted by atomic mass is 10.2. The molecule has 0 bridgehead atoms. The summed E-state index contributed by atoms with van der Waals surface area (Å²) in [7, 11) is -3.55. The van der Waals surface area contributed by atoms with Crippen LogP contribution in [0.2, 0.25) is 0 Å². The molecule has 1 saturated heterocycles. The highest BCUT2D eigenvalue weighted by atomic mass is 32.2. The average Bonchev–Trinajstić information content (AvgIpc) is 2.91.